The molecule has 2 aliphatic heterocycles. The molecule has 35 heavy (non-hydrogen) atoms. The van der Waals surface area contributed by atoms with Crippen molar-refractivity contribution in [2.24, 2.45) is 17.3 Å². The maximum Gasteiger partial charge on any atom is 0.309 e. The quantitative estimate of drug-likeness (QED) is 0.460. The number of ether oxygens (including phenoxy) is 3. The van der Waals surface area contributed by atoms with E-state index in [1.807, 2.05) is 39.2 Å². The number of fused-ring (bicyclic) bond motifs is 1. The molecule has 0 spiro atoms. The zero-order chi connectivity index (χ0) is 26.1. The van der Waals surface area contributed by atoms with E-state index in [-0.39, 0.29) is 30.8 Å². The van der Waals surface area contributed by atoms with Crippen molar-refractivity contribution in [2.75, 3.05) is 13.2 Å². The van der Waals surface area contributed by atoms with Crippen molar-refractivity contribution >= 4 is 29.2 Å². The first kappa shape index (κ1) is 27.9. The minimum Gasteiger partial charge on any atom is -0.458 e. The SMILES string of the molecule is CC(=Cc1csc(C)n1)C1CC2OC2(C)COCC(C)C(O)C(C)C(=O)C(C)(C)C(O)CC(=O)O1. The summed E-state index contributed by atoms with van der Waals surface area (Å²) in [6, 6.07) is 0. The lowest BCUT2D eigenvalue weighted by Crippen LogP contribution is -2.46. The normalized spacial score (nSPS) is 37.5. The van der Waals surface area contributed by atoms with Crippen LogP contribution >= 0.6 is 11.3 Å². The Labute approximate surface area is 211 Å². The Morgan fingerprint density at radius 1 is 1.23 bits per heavy atom. The molecule has 2 aliphatic rings. The number of aromatic nitrogens is 1. The number of hydrogen-bond acceptors (Lipinski definition) is 9. The number of carbonyl (C=O) groups excluding carboxylic acids is 2. The smallest absolute Gasteiger partial charge is 0.309 e. The second kappa shape index (κ2) is 10.8. The van der Waals surface area contributed by atoms with Gasteiger partial charge in [0.15, 0.2) is 0 Å². The highest BCUT2D eigenvalue weighted by Gasteiger charge is 2.54. The van der Waals surface area contributed by atoms with Gasteiger partial charge in [0.1, 0.15) is 17.5 Å². The summed E-state index contributed by atoms with van der Waals surface area (Å²) in [6.45, 7) is 13.0. The van der Waals surface area contributed by atoms with Gasteiger partial charge in [-0.05, 0) is 32.4 Å². The molecule has 8 nitrogen and oxygen atoms in total. The highest BCUT2D eigenvalue weighted by Crippen LogP contribution is 2.41. The number of cyclic esters (lactones) is 1. The molecule has 1 aromatic heterocycles. The average Bonchev–Trinajstić information content (AvgIpc) is 3.22. The number of thiazole rings is 1. The van der Waals surface area contributed by atoms with Crippen molar-refractivity contribution in [1.82, 2.24) is 4.98 Å². The van der Waals surface area contributed by atoms with E-state index in [0.29, 0.717) is 13.0 Å². The van der Waals surface area contributed by atoms with Gasteiger partial charge in [-0.25, -0.2) is 4.98 Å². The molecular formula is C26H39NO7S. The van der Waals surface area contributed by atoms with Gasteiger partial charge in [0.2, 0.25) is 0 Å². The molecule has 9 heteroatoms. The fourth-order valence-electron chi connectivity index (χ4n) is 4.57. The lowest BCUT2D eigenvalue weighted by Gasteiger charge is -2.34. The lowest BCUT2D eigenvalue weighted by atomic mass is 9.73. The number of aliphatic hydroxyl groups excluding tert-OH is 2. The molecular weight excluding hydrogens is 470 g/mol. The Bertz CT molecular complexity index is 957. The molecule has 0 aliphatic carbocycles. The standard InChI is InChI=1S/C26H39NO7S/c1-14(8-18-12-35-17(4)27-18)19-9-21-26(7,34-21)13-32-11-15(2)23(30)16(3)24(31)25(5,6)20(28)10-22(29)33-19/h8,12,15-16,19-21,23,28,30H,9-11,13H2,1-7H3. The molecule has 3 heterocycles. The van der Waals surface area contributed by atoms with Crippen LogP contribution in [0.2, 0.25) is 0 Å². The summed E-state index contributed by atoms with van der Waals surface area (Å²) in [4.78, 5) is 30.5. The van der Waals surface area contributed by atoms with Crippen LogP contribution in [0, 0.1) is 24.2 Å². The van der Waals surface area contributed by atoms with Gasteiger partial charge in [0.05, 0.1) is 54.1 Å². The third-order valence-electron chi connectivity index (χ3n) is 7.36. The monoisotopic (exact) mass is 509 g/mol. The molecule has 7 atom stereocenters. The molecule has 0 amide bonds. The molecule has 2 saturated heterocycles. The van der Waals surface area contributed by atoms with E-state index in [1.165, 1.54) is 0 Å². The van der Waals surface area contributed by atoms with Gasteiger partial charge in [-0.1, -0.05) is 27.7 Å². The third-order valence-corrected chi connectivity index (χ3v) is 8.16. The highest BCUT2D eigenvalue weighted by atomic mass is 32.1. The summed E-state index contributed by atoms with van der Waals surface area (Å²) in [5.74, 6) is -1.94. The van der Waals surface area contributed by atoms with Gasteiger partial charge in [0, 0.05) is 23.6 Å². The number of epoxide rings is 1. The highest BCUT2D eigenvalue weighted by molar-refractivity contribution is 7.09. The summed E-state index contributed by atoms with van der Waals surface area (Å²) in [6.07, 6.45) is -0.947. The molecule has 1 aromatic rings. The van der Waals surface area contributed by atoms with Crippen LogP contribution in [0.3, 0.4) is 0 Å². The fourth-order valence-corrected chi connectivity index (χ4v) is 5.14. The van der Waals surface area contributed by atoms with E-state index in [0.717, 1.165) is 16.3 Å². The summed E-state index contributed by atoms with van der Waals surface area (Å²) in [5.41, 5.74) is -0.149. The van der Waals surface area contributed by atoms with Crippen molar-refractivity contribution in [3.63, 3.8) is 0 Å². The minimum atomic E-state index is -1.26. The van der Waals surface area contributed by atoms with Crippen molar-refractivity contribution in [3.8, 4) is 0 Å². The summed E-state index contributed by atoms with van der Waals surface area (Å²) in [7, 11) is 0. The van der Waals surface area contributed by atoms with Gasteiger partial charge in [-0.15, -0.1) is 11.3 Å². The van der Waals surface area contributed by atoms with Crippen LogP contribution in [0.15, 0.2) is 11.0 Å². The van der Waals surface area contributed by atoms with Crippen LogP contribution in [0.4, 0.5) is 0 Å². The first-order valence-corrected chi connectivity index (χ1v) is 13.1. The molecule has 3 rings (SSSR count). The van der Waals surface area contributed by atoms with Crippen LogP contribution in [-0.2, 0) is 23.8 Å². The van der Waals surface area contributed by atoms with Crippen LogP contribution < -0.4 is 0 Å². The number of esters is 1. The maximum absolute atomic E-state index is 13.2. The fraction of sp³-hybridized carbons (Fsp3) is 0.731. The molecule has 7 unspecified atom stereocenters. The number of aryl methyl sites for hydroxylation is 1. The topological polar surface area (TPSA) is 118 Å². The first-order chi connectivity index (χ1) is 16.2. The van der Waals surface area contributed by atoms with Crippen LogP contribution in [-0.4, -0.2) is 70.2 Å². The van der Waals surface area contributed by atoms with Gasteiger partial charge >= 0.3 is 5.97 Å². The van der Waals surface area contributed by atoms with Gasteiger partial charge < -0.3 is 24.4 Å². The molecule has 0 aromatic carbocycles. The predicted molar refractivity (Wildman–Crippen MR) is 133 cm³/mol. The Kier molecular flexibility index (Phi) is 8.59. The number of ketones is 1. The van der Waals surface area contributed by atoms with E-state index >= 15 is 0 Å². The Balaban J connectivity index is 1.85. The van der Waals surface area contributed by atoms with E-state index in [1.54, 1.807) is 32.1 Å². The van der Waals surface area contributed by atoms with E-state index in [4.69, 9.17) is 14.2 Å². The maximum atomic E-state index is 13.2. The van der Waals surface area contributed by atoms with Crippen molar-refractivity contribution in [1.29, 1.82) is 0 Å². The molecule has 2 N–H and O–H groups in total. The Morgan fingerprint density at radius 3 is 2.54 bits per heavy atom. The number of rotatable bonds is 2. The Morgan fingerprint density at radius 2 is 1.91 bits per heavy atom. The number of nitrogens with zero attached hydrogens (tertiary/aromatic N) is 1. The number of Topliss-reactive ketones (excluding diaryl/α,β-unsaturated/α-hetero) is 1. The summed E-state index contributed by atoms with van der Waals surface area (Å²) in [5, 5.41) is 24.5. The Hall–Kier alpha value is -1.65. The van der Waals surface area contributed by atoms with Gasteiger partial charge in [-0.3, -0.25) is 9.59 Å². The first-order valence-electron chi connectivity index (χ1n) is 12.2. The lowest BCUT2D eigenvalue weighted by molar-refractivity contribution is -0.154. The minimum absolute atomic E-state index is 0.171. The van der Waals surface area contributed by atoms with Crippen molar-refractivity contribution < 1.29 is 34.0 Å². The van der Waals surface area contributed by atoms with Gasteiger partial charge in [-0.2, -0.15) is 0 Å². The van der Waals surface area contributed by atoms with E-state index in [2.05, 4.69) is 4.98 Å². The molecule has 0 bridgehead atoms. The zero-order valence-electron chi connectivity index (χ0n) is 21.7. The third kappa shape index (κ3) is 6.57. The largest absolute Gasteiger partial charge is 0.458 e. The summed E-state index contributed by atoms with van der Waals surface area (Å²) >= 11 is 1.54. The van der Waals surface area contributed by atoms with Crippen LogP contribution in [0.5, 0.6) is 0 Å². The van der Waals surface area contributed by atoms with Crippen LogP contribution in [0.25, 0.3) is 6.08 Å². The van der Waals surface area contributed by atoms with E-state index < -0.39 is 41.2 Å². The predicted octanol–water partition coefficient (Wildman–Crippen LogP) is 3.32. The molecule has 0 radical (unpaired) electrons. The van der Waals surface area contributed by atoms with E-state index in [9.17, 15) is 19.8 Å². The van der Waals surface area contributed by atoms with Gasteiger partial charge in [0.25, 0.3) is 0 Å². The van der Waals surface area contributed by atoms with Crippen LogP contribution in [0.1, 0.15) is 65.1 Å². The zero-order valence-corrected chi connectivity index (χ0v) is 22.6. The second-order valence-electron chi connectivity index (χ2n) is 10.9. The van der Waals surface area contributed by atoms with Crippen molar-refractivity contribution in [2.45, 2.75) is 91.3 Å². The molecule has 2 fully saturated rings. The number of aliphatic hydroxyl groups is 2. The van der Waals surface area contributed by atoms with Crippen molar-refractivity contribution in [3.05, 3.63) is 21.7 Å². The number of carbonyl (C=O) groups is 2. The summed E-state index contributed by atoms with van der Waals surface area (Å²) < 4.78 is 17.6. The molecule has 0 saturated carbocycles. The number of hydrogen-bond donors (Lipinski definition) is 2. The average molecular weight is 510 g/mol. The second-order valence-corrected chi connectivity index (χ2v) is 12.0. The molecule has 196 valence electrons.